The van der Waals surface area contributed by atoms with E-state index >= 15 is 0 Å². The second kappa shape index (κ2) is 10.9. The average molecular weight is 561 g/mol. The van der Waals surface area contributed by atoms with Gasteiger partial charge < -0.3 is 4.74 Å². The maximum absolute atomic E-state index is 13.4. The minimum absolute atomic E-state index is 0. The van der Waals surface area contributed by atoms with Crippen LogP contribution in [0, 0.1) is 0 Å². The molecule has 1 aromatic heterocycles. The van der Waals surface area contributed by atoms with Crippen molar-refractivity contribution < 1.29 is 31.1 Å². The summed E-state index contributed by atoms with van der Waals surface area (Å²) in [6.07, 6.45) is -3.92. The molecule has 0 unspecified atom stereocenters. The van der Waals surface area contributed by atoms with Gasteiger partial charge in [0.05, 0.1) is 35.9 Å². The summed E-state index contributed by atoms with van der Waals surface area (Å²) in [6, 6.07) is 11.7. The summed E-state index contributed by atoms with van der Waals surface area (Å²) >= 11 is 0. The molecule has 5 rings (SSSR count). The van der Waals surface area contributed by atoms with E-state index < -0.39 is 35.1 Å². The van der Waals surface area contributed by atoms with Gasteiger partial charge in [-0.1, -0.05) is 30.3 Å². The summed E-state index contributed by atoms with van der Waals surface area (Å²) < 4.78 is 88.2. The average Bonchev–Trinajstić information content (AvgIpc) is 3.46. The van der Waals surface area contributed by atoms with E-state index in [9.17, 15) is 26.3 Å². The molecule has 0 radical (unpaired) electrons. The third-order valence-electron chi connectivity index (χ3n) is 7.52. The molecule has 3 atom stereocenters. The van der Waals surface area contributed by atoms with Crippen LogP contribution >= 0.6 is 12.4 Å². The quantitative estimate of drug-likeness (QED) is 0.310. The summed E-state index contributed by atoms with van der Waals surface area (Å²) in [6.45, 7) is 0.902. The van der Waals surface area contributed by atoms with Crippen molar-refractivity contribution >= 4 is 12.4 Å². The van der Waals surface area contributed by atoms with Crippen LogP contribution in [0.3, 0.4) is 0 Å². The SMILES string of the molecule is Cl.FC(F)(F)c1cc(CO[C@@H]2CC[C@H]3CC[C@]2(c2ccccc2)N3CCn2cncn2)cc(C(F)(F)F)c1. The molecule has 12 heteroatoms. The van der Waals surface area contributed by atoms with E-state index in [1.165, 1.54) is 6.33 Å². The normalized spacial score (nSPS) is 23.8. The standard InChI is InChI=1S/C26H26F6N4O.ClH/c27-25(28,29)20-12-18(13-21(14-20)26(30,31)32)15-37-23-7-6-22-8-9-24(23,19-4-2-1-3-5-19)36(22)11-10-35-17-33-16-34-35;/h1-5,12-14,16-17,22-23H,6-11,15H2;1H/t22-,23+,24+;/m0./s1. The van der Waals surface area contributed by atoms with Crippen LogP contribution in [0.2, 0.25) is 0 Å². The molecular weight excluding hydrogens is 534 g/mol. The minimum Gasteiger partial charge on any atom is -0.371 e. The molecule has 38 heavy (non-hydrogen) atoms. The summed E-state index contributed by atoms with van der Waals surface area (Å²) in [5, 5.41) is 4.18. The number of hydrogen-bond acceptors (Lipinski definition) is 4. The van der Waals surface area contributed by atoms with Crippen molar-refractivity contribution in [2.75, 3.05) is 6.54 Å². The van der Waals surface area contributed by atoms with Crippen molar-refractivity contribution in [3.05, 3.63) is 83.4 Å². The van der Waals surface area contributed by atoms with Crippen LogP contribution in [0.25, 0.3) is 0 Å². The summed E-state index contributed by atoms with van der Waals surface area (Å²) in [5.41, 5.74) is -2.34. The lowest BCUT2D eigenvalue weighted by Gasteiger charge is -2.50. The van der Waals surface area contributed by atoms with Crippen LogP contribution in [-0.4, -0.2) is 38.4 Å². The van der Waals surface area contributed by atoms with E-state index in [2.05, 4.69) is 15.0 Å². The Hall–Kier alpha value is -2.63. The first-order valence-corrected chi connectivity index (χ1v) is 12.1. The van der Waals surface area contributed by atoms with Gasteiger partial charge in [-0.25, -0.2) is 4.98 Å². The Balaban J connectivity index is 0.00000336. The molecule has 5 nitrogen and oxygen atoms in total. The number of alkyl halides is 6. The Labute approximate surface area is 222 Å². The van der Waals surface area contributed by atoms with Gasteiger partial charge in [0.2, 0.25) is 0 Å². The molecule has 0 N–H and O–H groups in total. The number of aromatic nitrogens is 3. The molecule has 3 aromatic rings. The number of halogens is 7. The minimum atomic E-state index is -4.90. The van der Waals surface area contributed by atoms with E-state index in [0.29, 0.717) is 25.6 Å². The lowest BCUT2D eigenvalue weighted by Crippen LogP contribution is -2.57. The lowest BCUT2D eigenvalue weighted by atomic mass is 9.79. The predicted molar refractivity (Wildman–Crippen MR) is 129 cm³/mol. The monoisotopic (exact) mass is 560 g/mol. The van der Waals surface area contributed by atoms with Crippen molar-refractivity contribution in [1.29, 1.82) is 0 Å². The molecule has 2 bridgehead atoms. The topological polar surface area (TPSA) is 43.2 Å². The van der Waals surface area contributed by atoms with E-state index in [1.54, 1.807) is 11.0 Å². The summed E-state index contributed by atoms with van der Waals surface area (Å²) in [5.74, 6) is 0. The van der Waals surface area contributed by atoms with Crippen molar-refractivity contribution in [1.82, 2.24) is 19.7 Å². The van der Waals surface area contributed by atoms with E-state index in [1.807, 2.05) is 30.3 Å². The molecule has 2 aliphatic heterocycles. The maximum Gasteiger partial charge on any atom is 0.416 e. The Morgan fingerprint density at radius 2 is 1.58 bits per heavy atom. The highest BCUT2D eigenvalue weighted by molar-refractivity contribution is 5.85. The first kappa shape index (κ1) is 28.4. The number of hydrogen-bond donors (Lipinski definition) is 0. The molecule has 0 aliphatic carbocycles. The largest absolute Gasteiger partial charge is 0.416 e. The van der Waals surface area contributed by atoms with Gasteiger partial charge in [0.1, 0.15) is 12.7 Å². The Morgan fingerprint density at radius 3 is 2.18 bits per heavy atom. The van der Waals surface area contributed by atoms with Gasteiger partial charge in [-0.15, -0.1) is 12.4 Å². The fraction of sp³-hybridized carbons (Fsp3) is 0.462. The maximum atomic E-state index is 13.4. The summed E-state index contributed by atoms with van der Waals surface area (Å²) in [4.78, 5) is 6.37. The van der Waals surface area contributed by atoms with Crippen LogP contribution < -0.4 is 0 Å². The highest BCUT2D eigenvalue weighted by Crippen LogP contribution is 2.52. The summed E-state index contributed by atoms with van der Waals surface area (Å²) in [7, 11) is 0. The second-order valence-electron chi connectivity index (χ2n) is 9.63. The number of fused-ring (bicyclic) bond motifs is 2. The molecule has 0 spiro atoms. The van der Waals surface area contributed by atoms with E-state index in [-0.39, 0.29) is 30.6 Å². The third-order valence-corrected chi connectivity index (χ3v) is 7.52. The number of ether oxygens (including phenoxy) is 1. The number of benzene rings is 2. The first-order valence-electron chi connectivity index (χ1n) is 12.1. The molecule has 2 aromatic carbocycles. The molecule has 0 amide bonds. The molecule has 206 valence electrons. The highest BCUT2D eigenvalue weighted by atomic mass is 35.5. The molecule has 2 aliphatic rings. The van der Waals surface area contributed by atoms with Crippen LogP contribution in [-0.2, 0) is 35.8 Å². The van der Waals surface area contributed by atoms with Gasteiger partial charge in [0, 0.05) is 12.6 Å². The Bertz CT molecular complexity index is 1170. The van der Waals surface area contributed by atoms with E-state index in [4.69, 9.17) is 4.74 Å². The van der Waals surface area contributed by atoms with Gasteiger partial charge in [-0.2, -0.15) is 31.4 Å². The fourth-order valence-electron chi connectivity index (χ4n) is 5.92. The second-order valence-corrected chi connectivity index (χ2v) is 9.63. The van der Waals surface area contributed by atoms with Crippen molar-refractivity contribution in [3.63, 3.8) is 0 Å². The van der Waals surface area contributed by atoms with Crippen molar-refractivity contribution in [2.45, 2.75) is 68.9 Å². The fourth-order valence-corrected chi connectivity index (χ4v) is 5.92. The first-order chi connectivity index (χ1) is 17.6. The number of piperidine rings is 1. The van der Waals surface area contributed by atoms with Gasteiger partial charge in [0.15, 0.2) is 0 Å². The van der Waals surface area contributed by atoms with Gasteiger partial charge in [0.25, 0.3) is 0 Å². The molecule has 2 saturated heterocycles. The van der Waals surface area contributed by atoms with Crippen molar-refractivity contribution in [3.8, 4) is 0 Å². The molecule has 3 heterocycles. The Morgan fingerprint density at radius 1 is 0.895 bits per heavy atom. The van der Waals surface area contributed by atoms with Crippen LogP contribution in [0.1, 0.15) is 47.9 Å². The van der Waals surface area contributed by atoms with Crippen molar-refractivity contribution in [2.24, 2.45) is 0 Å². The molecule has 2 fully saturated rings. The van der Waals surface area contributed by atoms with Gasteiger partial charge in [-0.3, -0.25) is 9.58 Å². The smallest absolute Gasteiger partial charge is 0.371 e. The van der Waals surface area contributed by atoms with Crippen LogP contribution in [0.5, 0.6) is 0 Å². The number of rotatable bonds is 7. The zero-order valence-corrected chi connectivity index (χ0v) is 21.1. The van der Waals surface area contributed by atoms with Gasteiger partial charge in [-0.05, 0) is 55.0 Å². The molecular formula is C26H27ClF6N4O. The Kier molecular flexibility index (Phi) is 8.11. The lowest BCUT2D eigenvalue weighted by molar-refractivity contribution is -0.143. The van der Waals surface area contributed by atoms with Crippen LogP contribution in [0.4, 0.5) is 26.3 Å². The molecule has 0 saturated carbocycles. The van der Waals surface area contributed by atoms with Gasteiger partial charge >= 0.3 is 12.4 Å². The van der Waals surface area contributed by atoms with Crippen LogP contribution in [0.15, 0.2) is 61.2 Å². The zero-order valence-electron chi connectivity index (χ0n) is 20.3. The highest BCUT2D eigenvalue weighted by Gasteiger charge is 2.55. The number of nitrogens with zero attached hydrogens (tertiary/aromatic N) is 4. The van der Waals surface area contributed by atoms with E-state index in [0.717, 1.165) is 37.0 Å². The zero-order chi connectivity index (χ0) is 26.3. The predicted octanol–water partition coefficient (Wildman–Crippen LogP) is 6.48. The third kappa shape index (κ3) is 5.55.